The summed E-state index contributed by atoms with van der Waals surface area (Å²) < 4.78 is 5.50. The number of hydrogen-bond donors (Lipinski definition) is 1. The molecule has 1 saturated heterocycles. The smallest absolute Gasteiger partial charge is 0.244 e. The minimum Gasteiger partial charge on any atom is -0.383 e. The van der Waals surface area contributed by atoms with Crippen molar-refractivity contribution in [2.24, 2.45) is 0 Å². The molecule has 0 spiro atoms. The van der Waals surface area contributed by atoms with E-state index in [2.05, 4.69) is 31.1 Å². The van der Waals surface area contributed by atoms with Crippen LogP contribution in [0.15, 0.2) is 41.3 Å². The first-order valence-corrected chi connectivity index (χ1v) is 8.37. The summed E-state index contributed by atoms with van der Waals surface area (Å²) in [4.78, 5) is 14.7. The van der Waals surface area contributed by atoms with Crippen LogP contribution >= 0.6 is 0 Å². The van der Waals surface area contributed by atoms with Crippen molar-refractivity contribution in [2.45, 2.75) is 25.4 Å². The quantitative estimate of drug-likeness (QED) is 0.764. The molecular formula is C18H17N7O. The van der Waals surface area contributed by atoms with Crippen molar-refractivity contribution in [1.82, 2.24) is 25.0 Å². The van der Waals surface area contributed by atoms with Crippen molar-refractivity contribution >= 4 is 5.82 Å². The van der Waals surface area contributed by atoms with Crippen LogP contribution in [0.1, 0.15) is 35.9 Å². The molecule has 1 fully saturated rings. The fourth-order valence-electron chi connectivity index (χ4n) is 3.26. The van der Waals surface area contributed by atoms with Crippen molar-refractivity contribution < 1.29 is 4.52 Å². The molecule has 2 aromatic heterocycles. The maximum absolute atomic E-state index is 9.07. The molecule has 1 aliphatic rings. The number of benzene rings is 1. The summed E-state index contributed by atoms with van der Waals surface area (Å²) >= 11 is 0. The standard InChI is InChI=1S/C18H17N7O/c19-8-12-3-1-4-13(7-12)10-25-6-2-5-15(25)18-23-17(24-26-18)14-9-21-11-22-16(14)20/h1,3-4,7,9,11,15H,2,5-6,10H2,(H2,20,21,22)/t15-/m0/s1. The van der Waals surface area contributed by atoms with E-state index in [0.29, 0.717) is 28.7 Å². The maximum atomic E-state index is 9.07. The van der Waals surface area contributed by atoms with Crippen LogP contribution in [-0.4, -0.2) is 31.6 Å². The molecule has 0 unspecified atom stereocenters. The summed E-state index contributed by atoms with van der Waals surface area (Å²) in [6.07, 6.45) is 4.96. The molecule has 8 heteroatoms. The van der Waals surface area contributed by atoms with Crippen LogP contribution in [0.2, 0.25) is 0 Å². The van der Waals surface area contributed by atoms with Crippen molar-refractivity contribution in [1.29, 1.82) is 5.26 Å². The van der Waals surface area contributed by atoms with Crippen LogP contribution in [0.25, 0.3) is 11.4 Å². The number of rotatable bonds is 4. The number of nitriles is 1. The molecule has 1 atom stereocenters. The number of hydrogen-bond acceptors (Lipinski definition) is 8. The third kappa shape index (κ3) is 3.12. The summed E-state index contributed by atoms with van der Waals surface area (Å²) in [5, 5.41) is 13.1. The van der Waals surface area contributed by atoms with Crippen LogP contribution in [0.4, 0.5) is 5.82 Å². The number of anilines is 1. The summed E-state index contributed by atoms with van der Waals surface area (Å²) in [6.45, 7) is 1.67. The fraction of sp³-hybridized carbons (Fsp3) is 0.278. The molecular weight excluding hydrogens is 330 g/mol. The highest BCUT2D eigenvalue weighted by Crippen LogP contribution is 2.33. The zero-order valence-corrected chi connectivity index (χ0v) is 14.0. The summed E-state index contributed by atoms with van der Waals surface area (Å²) in [7, 11) is 0. The topological polar surface area (TPSA) is 118 Å². The monoisotopic (exact) mass is 347 g/mol. The van der Waals surface area contributed by atoms with E-state index >= 15 is 0 Å². The van der Waals surface area contributed by atoms with E-state index in [1.54, 1.807) is 6.20 Å². The lowest BCUT2D eigenvalue weighted by Crippen LogP contribution is -2.23. The summed E-state index contributed by atoms with van der Waals surface area (Å²) in [6, 6.07) is 9.88. The molecule has 0 radical (unpaired) electrons. The maximum Gasteiger partial charge on any atom is 0.244 e. The molecule has 0 bridgehead atoms. The Balaban J connectivity index is 1.55. The minimum atomic E-state index is 0.0489. The Hall–Kier alpha value is -3.31. The van der Waals surface area contributed by atoms with Gasteiger partial charge in [0, 0.05) is 12.7 Å². The normalized spacial score (nSPS) is 17.3. The molecule has 3 heterocycles. The number of nitrogens with zero attached hydrogens (tertiary/aromatic N) is 6. The van der Waals surface area contributed by atoms with Gasteiger partial charge in [0.15, 0.2) is 0 Å². The summed E-state index contributed by atoms with van der Waals surface area (Å²) in [5.41, 5.74) is 8.18. The molecule has 0 aliphatic carbocycles. The average molecular weight is 347 g/mol. The zero-order valence-electron chi connectivity index (χ0n) is 14.0. The number of likely N-dealkylation sites (tertiary alicyclic amines) is 1. The molecule has 3 aromatic rings. The summed E-state index contributed by atoms with van der Waals surface area (Å²) in [5.74, 6) is 1.29. The molecule has 26 heavy (non-hydrogen) atoms. The highest BCUT2D eigenvalue weighted by atomic mass is 16.5. The van der Waals surface area contributed by atoms with Crippen LogP contribution in [-0.2, 0) is 6.54 Å². The lowest BCUT2D eigenvalue weighted by atomic mass is 10.1. The second-order valence-electron chi connectivity index (χ2n) is 6.22. The van der Waals surface area contributed by atoms with Crippen molar-refractivity contribution in [3.63, 3.8) is 0 Å². The van der Waals surface area contributed by atoms with E-state index in [-0.39, 0.29) is 6.04 Å². The van der Waals surface area contributed by atoms with E-state index in [4.69, 9.17) is 15.5 Å². The molecule has 0 amide bonds. The van der Waals surface area contributed by atoms with Crippen molar-refractivity contribution in [3.05, 3.63) is 53.8 Å². The Labute approximate surface area is 150 Å². The molecule has 2 N–H and O–H groups in total. The van der Waals surface area contributed by atoms with Gasteiger partial charge in [0.2, 0.25) is 11.7 Å². The highest BCUT2D eigenvalue weighted by Gasteiger charge is 2.31. The van der Waals surface area contributed by atoms with Crippen LogP contribution in [0, 0.1) is 11.3 Å². The van der Waals surface area contributed by atoms with E-state index < -0.39 is 0 Å². The Morgan fingerprint density at radius 1 is 1.38 bits per heavy atom. The first kappa shape index (κ1) is 16.2. The second kappa shape index (κ2) is 6.90. The van der Waals surface area contributed by atoms with E-state index in [0.717, 1.165) is 31.5 Å². The predicted octanol–water partition coefficient (Wildman–Crippen LogP) is 2.32. The third-order valence-electron chi connectivity index (χ3n) is 4.52. The van der Waals surface area contributed by atoms with Gasteiger partial charge < -0.3 is 10.3 Å². The molecule has 1 aliphatic heterocycles. The van der Waals surface area contributed by atoms with E-state index in [9.17, 15) is 0 Å². The molecule has 1 aromatic carbocycles. The van der Waals surface area contributed by atoms with Gasteiger partial charge in [0.25, 0.3) is 0 Å². The Bertz CT molecular complexity index is 962. The number of aromatic nitrogens is 4. The molecule has 8 nitrogen and oxygen atoms in total. The lowest BCUT2D eigenvalue weighted by Gasteiger charge is -2.21. The Kier molecular flexibility index (Phi) is 4.29. The van der Waals surface area contributed by atoms with Gasteiger partial charge in [-0.15, -0.1) is 0 Å². The van der Waals surface area contributed by atoms with Gasteiger partial charge in [-0.3, -0.25) is 4.90 Å². The van der Waals surface area contributed by atoms with Crippen LogP contribution in [0.3, 0.4) is 0 Å². The average Bonchev–Trinajstić information content (AvgIpc) is 3.31. The van der Waals surface area contributed by atoms with Crippen LogP contribution < -0.4 is 5.73 Å². The molecule has 0 saturated carbocycles. The highest BCUT2D eigenvalue weighted by molar-refractivity contribution is 5.66. The second-order valence-corrected chi connectivity index (χ2v) is 6.22. The van der Waals surface area contributed by atoms with Crippen molar-refractivity contribution in [2.75, 3.05) is 12.3 Å². The molecule has 130 valence electrons. The first-order chi connectivity index (χ1) is 12.7. The SMILES string of the molecule is N#Cc1cccc(CN2CCC[C@H]2c2nc(-c3cncnc3N)no2)c1. The Morgan fingerprint density at radius 3 is 3.15 bits per heavy atom. The molecule has 4 rings (SSSR count). The van der Waals surface area contributed by atoms with Gasteiger partial charge in [-0.05, 0) is 37.1 Å². The first-order valence-electron chi connectivity index (χ1n) is 8.37. The van der Waals surface area contributed by atoms with Gasteiger partial charge in [0.1, 0.15) is 12.1 Å². The largest absolute Gasteiger partial charge is 0.383 e. The van der Waals surface area contributed by atoms with Crippen molar-refractivity contribution in [3.8, 4) is 17.5 Å². The third-order valence-corrected chi connectivity index (χ3v) is 4.52. The van der Waals surface area contributed by atoms with Gasteiger partial charge in [-0.1, -0.05) is 17.3 Å². The number of nitrogens with two attached hydrogens (primary N) is 1. The fourth-order valence-corrected chi connectivity index (χ4v) is 3.26. The van der Waals surface area contributed by atoms with E-state index in [1.807, 2.05) is 24.3 Å². The lowest BCUT2D eigenvalue weighted by molar-refractivity contribution is 0.201. The van der Waals surface area contributed by atoms with Gasteiger partial charge in [-0.25, -0.2) is 9.97 Å². The number of nitrogen functional groups attached to an aromatic ring is 1. The zero-order chi connectivity index (χ0) is 17.9. The van der Waals surface area contributed by atoms with E-state index in [1.165, 1.54) is 6.33 Å². The predicted molar refractivity (Wildman–Crippen MR) is 93.3 cm³/mol. The van der Waals surface area contributed by atoms with Gasteiger partial charge in [0.05, 0.1) is 23.2 Å². The Morgan fingerprint density at radius 2 is 2.31 bits per heavy atom. The van der Waals surface area contributed by atoms with Gasteiger partial charge in [-0.2, -0.15) is 10.2 Å². The minimum absolute atomic E-state index is 0.0489. The van der Waals surface area contributed by atoms with Gasteiger partial charge >= 0.3 is 0 Å². The van der Waals surface area contributed by atoms with Crippen LogP contribution in [0.5, 0.6) is 0 Å².